The first-order valence-electron chi connectivity index (χ1n) is 10.3. The summed E-state index contributed by atoms with van der Waals surface area (Å²) in [5.74, 6) is 0.114. The molecule has 0 saturated carbocycles. The number of nitrogens with zero attached hydrogens (tertiary/aromatic N) is 1. The van der Waals surface area contributed by atoms with Crippen LogP contribution in [-0.2, 0) is 22.4 Å². The third-order valence-corrected chi connectivity index (χ3v) is 6.58. The maximum Gasteiger partial charge on any atom is 0.341 e. The van der Waals surface area contributed by atoms with Gasteiger partial charge in [0.15, 0.2) is 6.61 Å². The fraction of sp³-hybridized carbons (Fsp3) is 0.455. The van der Waals surface area contributed by atoms with Crippen LogP contribution in [0.2, 0.25) is 0 Å². The summed E-state index contributed by atoms with van der Waals surface area (Å²) >= 11 is 1.43. The number of nitro groups is 1. The van der Waals surface area contributed by atoms with Crippen molar-refractivity contribution >= 4 is 33.9 Å². The van der Waals surface area contributed by atoms with Crippen molar-refractivity contribution in [1.82, 2.24) is 0 Å². The lowest BCUT2D eigenvalue weighted by Crippen LogP contribution is -2.21. The summed E-state index contributed by atoms with van der Waals surface area (Å²) in [7, 11) is 0. The average Bonchev–Trinajstić information content (AvgIpc) is 3.08. The van der Waals surface area contributed by atoms with Crippen LogP contribution >= 0.6 is 11.3 Å². The molecule has 1 aliphatic rings. The molecule has 1 amide bonds. The summed E-state index contributed by atoms with van der Waals surface area (Å²) in [6, 6.07) is 4.32. The van der Waals surface area contributed by atoms with Crippen molar-refractivity contribution in [3.8, 4) is 5.75 Å². The summed E-state index contributed by atoms with van der Waals surface area (Å²) in [6.07, 6.45) is 3.79. The van der Waals surface area contributed by atoms with E-state index < -0.39 is 16.8 Å². The Labute approximate surface area is 184 Å². The number of ether oxygens (including phenoxy) is 2. The van der Waals surface area contributed by atoms with E-state index in [1.807, 2.05) is 0 Å². The van der Waals surface area contributed by atoms with Crippen LogP contribution in [0.25, 0.3) is 0 Å². The lowest BCUT2D eigenvalue weighted by molar-refractivity contribution is -0.385. The molecule has 1 unspecified atom stereocenters. The Morgan fingerprint density at radius 1 is 1.32 bits per heavy atom. The van der Waals surface area contributed by atoms with Crippen molar-refractivity contribution in [2.45, 2.75) is 46.5 Å². The standard InChI is InChI=1S/C22H26N2O6S/c1-4-14-6-8-16-18(11-14)31-21(20(16)22(26)29-5-2)23-19(25)12-30-15-7-9-17(24(27)28)13(3)10-15/h7,9-10,14H,4-6,8,11-12H2,1-3H3,(H,23,25). The number of fused-ring (bicyclic) bond motifs is 1. The number of amides is 1. The van der Waals surface area contributed by atoms with Crippen molar-refractivity contribution in [2.24, 2.45) is 5.92 Å². The van der Waals surface area contributed by atoms with Gasteiger partial charge in [0.2, 0.25) is 0 Å². The largest absolute Gasteiger partial charge is 0.484 e. The number of carbonyl (C=O) groups is 2. The molecule has 9 heteroatoms. The van der Waals surface area contributed by atoms with E-state index in [9.17, 15) is 19.7 Å². The monoisotopic (exact) mass is 446 g/mol. The first kappa shape index (κ1) is 22.7. The Morgan fingerprint density at radius 2 is 2.10 bits per heavy atom. The third-order valence-electron chi connectivity index (χ3n) is 5.41. The number of benzene rings is 1. The van der Waals surface area contributed by atoms with Crippen LogP contribution in [0.15, 0.2) is 18.2 Å². The molecule has 0 aliphatic heterocycles. The molecule has 1 aromatic heterocycles. The molecule has 0 fully saturated rings. The number of nitro benzene ring substituents is 1. The number of anilines is 1. The van der Waals surface area contributed by atoms with Crippen molar-refractivity contribution in [1.29, 1.82) is 0 Å². The molecule has 0 radical (unpaired) electrons. The summed E-state index contributed by atoms with van der Waals surface area (Å²) in [5, 5.41) is 14.2. The van der Waals surface area contributed by atoms with E-state index in [2.05, 4.69) is 12.2 Å². The number of aryl methyl sites for hydroxylation is 1. The zero-order valence-electron chi connectivity index (χ0n) is 17.9. The van der Waals surface area contributed by atoms with Gasteiger partial charge in [0, 0.05) is 16.5 Å². The smallest absolute Gasteiger partial charge is 0.341 e. The number of rotatable bonds is 8. The molecule has 1 aromatic carbocycles. The molecule has 0 spiro atoms. The van der Waals surface area contributed by atoms with Crippen molar-refractivity contribution < 1.29 is 24.0 Å². The van der Waals surface area contributed by atoms with Gasteiger partial charge in [-0.25, -0.2) is 4.79 Å². The minimum absolute atomic E-state index is 0.00886. The lowest BCUT2D eigenvalue weighted by atomic mass is 9.85. The number of esters is 1. The average molecular weight is 447 g/mol. The van der Waals surface area contributed by atoms with Gasteiger partial charge in [-0.15, -0.1) is 11.3 Å². The van der Waals surface area contributed by atoms with Crippen molar-refractivity contribution in [3.05, 3.63) is 49.9 Å². The lowest BCUT2D eigenvalue weighted by Gasteiger charge is -2.20. The molecule has 3 rings (SSSR count). The molecular formula is C22H26N2O6S. The zero-order valence-corrected chi connectivity index (χ0v) is 18.7. The Kier molecular flexibility index (Phi) is 7.27. The normalized spacial score (nSPS) is 15.1. The first-order chi connectivity index (χ1) is 14.8. The second-order valence-corrected chi connectivity index (χ2v) is 8.59. The molecular weight excluding hydrogens is 420 g/mol. The van der Waals surface area contributed by atoms with Crippen LogP contribution in [0.1, 0.15) is 53.1 Å². The van der Waals surface area contributed by atoms with Gasteiger partial charge < -0.3 is 14.8 Å². The topological polar surface area (TPSA) is 108 Å². The second-order valence-electron chi connectivity index (χ2n) is 7.49. The van der Waals surface area contributed by atoms with Crippen LogP contribution in [0.5, 0.6) is 5.75 Å². The van der Waals surface area contributed by atoms with Crippen molar-refractivity contribution in [3.63, 3.8) is 0 Å². The molecule has 0 bridgehead atoms. The molecule has 31 heavy (non-hydrogen) atoms. The number of nitrogens with one attached hydrogen (secondary N) is 1. The number of hydrogen-bond donors (Lipinski definition) is 1. The maximum absolute atomic E-state index is 12.6. The van der Waals surface area contributed by atoms with Crippen LogP contribution in [0, 0.1) is 23.0 Å². The Bertz CT molecular complexity index is 1000. The number of carbonyl (C=O) groups excluding carboxylic acids is 2. The molecule has 1 aliphatic carbocycles. The fourth-order valence-corrected chi connectivity index (χ4v) is 5.11. The quantitative estimate of drug-likeness (QED) is 0.359. The summed E-state index contributed by atoms with van der Waals surface area (Å²) in [4.78, 5) is 36.7. The predicted molar refractivity (Wildman–Crippen MR) is 118 cm³/mol. The van der Waals surface area contributed by atoms with Crippen molar-refractivity contribution in [2.75, 3.05) is 18.5 Å². The molecule has 166 valence electrons. The van der Waals surface area contributed by atoms with E-state index >= 15 is 0 Å². The van der Waals surface area contributed by atoms with Gasteiger partial charge >= 0.3 is 5.97 Å². The summed E-state index contributed by atoms with van der Waals surface area (Å²) < 4.78 is 10.7. The number of thiophene rings is 1. The highest BCUT2D eigenvalue weighted by Crippen LogP contribution is 2.40. The minimum atomic E-state index is -0.468. The third kappa shape index (κ3) is 5.22. The second kappa shape index (κ2) is 9.91. The summed E-state index contributed by atoms with van der Waals surface area (Å²) in [5.41, 5.74) is 1.88. The van der Waals surface area contributed by atoms with Gasteiger partial charge in [-0.3, -0.25) is 14.9 Å². The SMILES string of the molecule is CCOC(=O)c1c(NC(=O)COc2ccc([N+](=O)[O-])c(C)c2)sc2c1CCC(CC)C2. The molecule has 1 N–H and O–H groups in total. The molecule has 2 aromatic rings. The summed E-state index contributed by atoms with van der Waals surface area (Å²) in [6.45, 7) is 5.50. The van der Waals surface area contributed by atoms with Gasteiger partial charge in [0.05, 0.1) is 17.1 Å². The Morgan fingerprint density at radius 3 is 2.74 bits per heavy atom. The highest BCUT2D eigenvalue weighted by molar-refractivity contribution is 7.17. The van der Waals surface area contributed by atoms with Crippen LogP contribution < -0.4 is 10.1 Å². The van der Waals surface area contributed by atoms with E-state index in [4.69, 9.17) is 9.47 Å². The highest BCUT2D eigenvalue weighted by atomic mass is 32.1. The van der Waals surface area contributed by atoms with Gasteiger partial charge in [-0.05, 0) is 56.7 Å². The number of hydrogen-bond acceptors (Lipinski definition) is 7. The van der Waals surface area contributed by atoms with E-state index in [1.165, 1.54) is 29.5 Å². The molecule has 1 atom stereocenters. The highest BCUT2D eigenvalue weighted by Gasteiger charge is 2.29. The van der Waals surface area contributed by atoms with E-state index in [0.29, 0.717) is 27.8 Å². The molecule has 0 saturated heterocycles. The van der Waals surface area contributed by atoms with Crippen LogP contribution in [0.3, 0.4) is 0 Å². The van der Waals surface area contributed by atoms with Gasteiger partial charge in [0.1, 0.15) is 10.8 Å². The van der Waals surface area contributed by atoms with E-state index in [1.54, 1.807) is 13.8 Å². The zero-order chi connectivity index (χ0) is 22.5. The van der Waals surface area contributed by atoms with E-state index in [0.717, 1.165) is 36.1 Å². The van der Waals surface area contributed by atoms with Gasteiger partial charge in [-0.1, -0.05) is 13.3 Å². The first-order valence-corrected chi connectivity index (χ1v) is 11.1. The fourth-order valence-electron chi connectivity index (χ4n) is 3.74. The van der Waals surface area contributed by atoms with E-state index in [-0.39, 0.29) is 18.9 Å². The Hall–Kier alpha value is -2.94. The van der Waals surface area contributed by atoms with Crippen LogP contribution in [-0.4, -0.2) is 30.0 Å². The Balaban J connectivity index is 1.73. The minimum Gasteiger partial charge on any atom is -0.484 e. The predicted octanol–water partition coefficient (Wildman–Crippen LogP) is 4.67. The maximum atomic E-state index is 12.6. The van der Waals surface area contributed by atoms with Gasteiger partial charge in [-0.2, -0.15) is 0 Å². The molecule has 1 heterocycles. The molecule has 8 nitrogen and oxygen atoms in total. The van der Waals surface area contributed by atoms with Gasteiger partial charge in [0.25, 0.3) is 11.6 Å². The van der Waals surface area contributed by atoms with Crippen LogP contribution in [0.4, 0.5) is 10.7 Å².